The van der Waals surface area contributed by atoms with E-state index in [1.54, 1.807) is 24.3 Å². The van der Waals surface area contributed by atoms with Crippen LogP contribution in [-0.2, 0) is 23.7 Å². The van der Waals surface area contributed by atoms with Gasteiger partial charge in [-0.1, -0.05) is 29.4 Å². The molecule has 1 rings (SSSR count). The summed E-state index contributed by atoms with van der Waals surface area (Å²) in [6.07, 6.45) is 3.31. The van der Waals surface area contributed by atoms with Gasteiger partial charge in [0, 0.05) is 4.91 Å². The summed E-state index contributed by atoms with van der Waals surface area (Å²) in [7, 11) is 0. The molecule has 5 atom stereocenters. The van der Waals surface area contributed by atoms with Crippen LogP contribution >= 0.6 is 0 Å². The first-order valence-electron chi connectivity index (χ1n) is 8.29. The van der Waals surface area contributed by atoms with Gasteiger partial charge < -0.3 is 23.7 Å². The minimum absolute atomic E-state index is 0.216. The molecule has 0 N–H and O–H groups in total. The highest BCUT2D eigenvalue weighted by atomic mass is 16.6. The van der Waals surface area contributed by atoms with Gasteiger partial charge in [0.05, 0.1) is 33.0 Å². The SMILES string of the molecule is C=CCOC[C@H]1O[C@@H](N=[N+]=[N-])[C@H](OCC=C)[C@@H](OCC=C)[C@H]1OCC=C. The van der Waals surface area contributed by atoms with Crippen LogP contribution in [0.1, 0.15) is 0 Å². The largest absolute Gasteiger partial charge is 0.375 e. The minimum atomic E-state index is -0.893. The lowest BCUT2D eigenvalue weighted by atomic mass is 9.97. The van der Waals surface area contributed by atoms with Gasteiger partial charge in [0.2, 0.25) is 0 Å². The highest BCUT2D eigenvalue weighted by Crippen LogP contribution is 2.29. The Labute approximate surface area is 154 Å². The molecule has 0 saturated carbocycles. The molecule has 0 unspecified atom stereocenters. The van der Waals surface area contributed by atoms with Gasteiger partial charge in [0.1, 0.15) is 24.4 Å². The molecule has 1 aliphatic rings. The van der Waals surface area contributed by atoms with Crippen LogP contribution in [0.3, 0.4) is 0 Å². The number of rotatable bonds is 14. The molecule has 8 heteroatoms. The third-order valence-electron chi connectivity index (χ3n) is 3.51. The maximum absolute atomic E-state index is 8.89. The molecule has 1 saturated heterocycles. The van der Waals surface area contributed by atoms with Gasteiger partial charge in [-0.05, 0) is 5.53 Å². The van der Waals surface area contributed by atoms with E-state index in [2.05, 4.69) is 36.3 Å². The summed E-state index contributed by atoms with van der Waals surface area (Å²) in [6, 6.07) is 0. The van der Waals surface area contributed by atoms with Crippen molar-refractivity contribution in [1.29, 1.82) is 0 Å². The Balaban J connectivity index is 3.10. The average molecular weight is 365 g/mol. The molecule has 0 spiro atoms. The molecule has 0 amide bonds. The number of azide groups is 1. The summed E-state index contributed by atoms with van der Waals surface area (Å²) < 4.78 is 28.9. The van der Waals surface area contributed by atoms with E-state index in [1.165, 1.54) is 0 Å². The van der Waals surface area contributed by atoms with E-state index in [4.69, 9.17) is 29.2 Å². The molecular formula is C18H27N3O5. The molecule has 0 bridgehead atoms. The first-order valence-corrected chi connectivity index (χ1v) is 8.29. The Morgan fingerprint density at radius 1 is 0.846 bits per heavy atom. The van der Waals surface area contributed by atoms with Crippen molar-refractivity contribution in [3.63, 3.8) is 0 Å². The van der Waals surface area contributed by atoms with Crippen molar-refractivity contribution in [2.24, 2.45) is 5.11 Å². The number of ether oxygens (including phenoxy) is 5. The van der Waals surface area contributed by atoms with Crippen LogP contribution in [0.4, 0.5) is 0 Å². The summed E-state index contributed by atoms with van der Waals surface area (Å²) in [6.45, 7) is 16.0. The van der Waals surface area contributed by atoms with Gasteiger partial charge in [0.25, 0.3) is 0 Å². The predicted molar refractivity (Wildman–Crippen MR) is 98.6 cm³/mol. The van der Waals surface area contributed by atoms with Gasteiger partial charge in [-0.25, -0.2) is 0 Å². The van der Waals surface area contributed by atoms with Crippen LogP contribution < -0.4 is 0 Å². The van der Waals surface area contributed by atoms with E-state index in [9.17, 15) is 0 Å². The van der Waals surface area contributed by atoms with Crippen LogP contribution in [0.2, 0.25) is 0 Å². The molecule has 144 valence electrons. The van der Waals surface area contributed by atoms with Crippen LogP contribution in [0.5, 0.6) is 0 Å². The van der Waals surface area contributed by atoms with Crippen LogP contribution in [0.15, 0.2) is 55.7 Å². The Hall–Kier alpha value is -1.93. The first kappa shape index (κ1) is 22.1. The van der Waals surface area contributed by atoms with Crippen molar-refractivity contribution in [2.75, 3.05) is 33.0 Å². The lowest BCUT2D eigenvalue weighted by Gasteiger charge is -2.44. The van der Waals surface area contributed by atoms with Gasteiger partial charge in [0.15, 0.2) is 6.23 Å². The highest BCUT2D eigenvalue weighted by molar-refractivity contribution is 4.96. The summed E-state index contributed by atoms with van der Waals surface area (Å²) >= 11 is 0. The van der Waals surface area contributed by atoms with Gasteiger partial charge in [-0.2, -0.15) is 0 Å². The lowest BCUT2D eigenvalue weighted by Crippen LogP contribution is -2.60. The topological polar surface area (TPSA) is 94.9 Å². The zero-order valence-electron chi connectivity index (χ0n) is 14.9. The normalized spacial score (nSPS) is 27.9. The summed E-state index contributed by atoms with van der Waals surface area (Å²) in [5.41, 5.74) is 8.89. The summed E-state index contributed by atoms with van der Waals surface area (Å²) in [5, 5.41) is 3.71. The molecule has 0 radical (unpaired) electrons. The van der Waals surface area contributed by atoms with Gasteiger partial charge >= 0.3 is 0 Å². The molecule has 26 heavy (non-hydrogen) atoms. The maximum Gasteiger partial charge on any atom is 0.165 e. The van der Waals surface area contributed by atoms with E-state index in [0.29, 0.717) is 13.2 Å². The Morgan fingerprint density at radius 2 is 1.38 bits per heavy atom. The zero-order chi connectivity index (χ0) is 19.2. The fourth-order valence-electron chi connectivity index (χ4n) is 2.55. The molecule has 8 nitrogen and oxygen atoms in total. The van der Waals surface area contributed by atoms with Gasteiger partial charge in [-0.3, -0.25) is 0 Å². The van der Waals surface area contributed by atoms with Crippen LogP contribution in [0, 0.1) is 0 Å². The fourth-order valence-corrected chi connectivity index (χ4v) is 2.55. The first-order chi connectivity index (χ1) is 12.7. The van der Waals surface area contributed by atoms with Crippen LogP contribution in [-0.4, -0.2) is 63.7 Å². The van der Waals surface area contributed by atoms with Crippen LogP contribution in [0.25, 0.3) is 10.4 Å². The average Bonchev–Trinajstić information content (AvgIpc) is 2.65. The van der Waals surface area contributed by atoms with Crippen molar-refractivity contribution in [2.45, 2.75) is 30.6 Å². The standard InChI is InChI=1S/C18H27N3O5/c1-5-9-22-13-14-15(23-10-6-2)16(24-11-7-3)17(25-12-8-4)18(26-14)20-21-19/h5-8,14-18H,1-4,9-13H2/t14-,15+,16+,17-,18-/m1/s1. The van der Waals surface area contributed by atoms with Crippen molar-refractivity contribution in [1.82, 2.24) is 0 Å². The summed E-state index contributed by atoms with van der Waals surface area (Å²) in [5.74, 6) is 0. The van der Waals surface area contributed by atoms with Crippen molar-refractivity contribution in [3.05, 3.63) is 61.1 Å². The second-order valence-electron chi connectivity index (χ2n) is 5.36. The van der Waals surface area contributed by atoms with E-state index in [-0.39, 0.29) is 19.8 Å². The molecule has 1 heterocycles. The molecule has 0 aromatic carbocycles. The molecule has 0 aliphatic carbocycles. The second-order valence-corrected chi connectivity index (χ2v) is 5.36. The predicted octanol–water partition coefficient (Wildman–Crippen LogP) is 2.94. The third-order valence-corrected chi connectivity index (χ3v) is 3.51. The Kier molecular flexibility index (Phi) is 11.3. The highest BCUT2D eigenvalue weighted by Gasteiger charge is 2.47. The second kappa shape index (κ2) is 13.3. The Bertz CT molecular complexity index is 507. The third kappa shape index (κ3) is 6.76. The number of nitrogens with zero attached hydrogens (tertiary/aromatic N) is 3. The smallest absolute Gasteiger partial charge is 0.165 e. The molecule has 0 aromatic heterocycles. The molecule has 0 aromatic rings. The quantitative estimate of drug-likeness (QED) is 0.155. The van der Waals surface area contributed by atoms with Gasteiger partial charge in [-0.15, -0.1) is 26.3 Å². The van der Waals surface area contributed by atoms with Crippen molar-refractivity contribution in [3.8, 4) is 0 Å². The zero-order valence-corrected chi connectivity index (χ0v) is 14.9. The number of hydrogen-bond donors (Lipinski definition) is 0. The Morgan fingerprint density at radius 3 is 1.92 bits per heavy atom. The molecule has 1 fully saturated rings. The van der Waals surface area contributed by atoms with E-state index < -0.39 is 30.6 Å². The van der Waals surface area contributed by atoms with E-state index in [0.717, 1.165) is 0 Å². The van der Waals surface area contributed by atoms with E-state index >= 15 is 0 Å². The molecular weight excluding hydrogens is 338 g/mol. The molecule has 1 aliphatic heterocycles. The summed E-state index contributed by atoms with van der Waals surface area (Å²) in [4.78, 5) is 2.85. The maximum atomic E-state index is 8.89. The lowest BCUT2D eigenvalue weighted by molar-refractivity contribution is -0.257. The fraction of sp³-hybridized carbons (Fsp3) is 0.556. The number of hydrogen-bond acceptors (Lipinski definition) is 6. The van der Waals surface area contributed by atoms with Crippen molar-refractivity contribution >= 4 is 0 Å². The van der Waals surface area contributed by atoms with E-state index in [1.807, 2.05) is 0 Å². The monoisotopic (exact) mass is 365 g/mol. The minimum Gasteiger partial charge on any atom is -0.375 e. The van der Waals surface area contributed by atoms with Crippen molar-refractivity contribution < 1.29 is 23.7 Å².